The number of anilines is 3. The number of aromatic amines is 1. The van der Waals surface area contributed by atoms with Gasteiger partial charge in [0.2, 0.25) is 5.95 Å². The van der Waals surface area contributed by atoms with Crippen LogP contribution in [-0.2, 0) is 0 Å². The summed E-state index contributed by atoms with van der Waals surface area (Å²) in [5.41, 5.74) is 21.8. The SMILES string of the molecule is C.C.CC(C)n1cnc2c(=O)[nH]c(N)nc21.CC(C)n1cnc2c(N)ccnc21.CC(C)n1nnc2c(N)ccnc21. The van der Waals surface area contributed by atoms with Gasteiger partial charge in [-0.2, -0.15) is 4.98 Å². The lowest BCUT2D eigenvalue weighted by Gasteiger charge is -2.06. The zero-order valence-corrected chi connectivity index (χ0v) is 23.3. The number of rotatable bonds is 3. The number of pyridine rings is 2. The third kappa shape index (κ3) is 6.62. The fourth-order valence-electron chi connectivity index (χ4n) is 3.86. The largest absolute Gasteiger partial charge is 0.397 e. The van der Waals surface area contributed by atoms with Crippen LogP contribution in [0.1, 0.15) is 74.5 Å². The van der Waals surface area contributed by atoms with Crippen molar-refractivity contribution < 1.29 is 0 Å². The van der Waals surface area contributed by atoms with Crippen molar-refractivity contribution in [2.24, 2.45) is 0 Å². The molecule has 6 aromatic heterocycles. The molecule has 6 heterocycles. The molecule has 7 N–H and O–H groups in total. The van der Waals surface area contributed by atoms with Gasteiger partial charge in [-0.3, -0.25) is 9.78 Å². The van der Waals surface area contributed by atoms with E-state index >= 15 is 0 Å². The van der Waals surface area contributed by atoms with Gasteiger partial charge in [0.1, 0.15) is 5.52 Å². The Morgan fingerprint density at radius 3 is 1.79 bits per heavy atom. The van der Waals surface area contributed by atoms with Crippen molar-refractivity contribution >= 4 is 50.8 Å². The number of aromatic nitrogens is 11. The first-order valence-electron chi connectivity index (χ1n) is 12.7. The molecule has 0 fully saturated rings. The van der Waals surface area contributed by atoms with E-state index < -0.39 is 0 Å². The Morgan fingerprint density at radius 2 is 1.21 bits per heavy atom. The van der Waals surface area contributed by atoms with E-state index in [1.165, 1.54) is 0 Å². The van der Waals surface area contributed by atoms with Crippen LogP contribution in [0.25, 0.3) is 33.5 Å². The average Bonchev–Trinajstić information content (AvgIpc) is 3.62. The molecule has 0 unspecified atom stereocenters. The van der Waals surface area contributed by atoms with E-state index in [1.807, 2.05) is 32.3 Å². The number of fused-ring (bicyclic) bond motifs is 3. The summed E-state index contributed by atoms with van der Waals surface area (Å²) in [5, 5.41) is 7.94. The van der Waals surface area contributed by atoms with Crippen LogP contribution in [0, 0.1) is 0 Å². The maximum absolute atomic E-state index is 11.4. The van der Waals surface area contributed by atoms with Crippen molar-refractivity contribution in [2.45, 2.75) is 74.5 Å². The van der Waals surface area contributed by atoms with E-state index in [-0.39, 0.29) is 38.4 Å². The molecule has 0 amide bonds. The second kappa shape index (κ2) is 13.5. The summed E-state index contributed by atoms with van der Waals surface area (Å²) in [6.07, 6.45) is 6.74. The third-order valence-electron chi connectivity index (χ3n) is 5.94. The Kier molecular flexibility index (Phi) is 10.7. The number of hydrogen-bond acceptors (Lipinski definition) is 11. The molecular formula is C27H42N14O. The molecule has 0 aliphatic carbocycles. The quantitative estimate of drug-likeness (QED) is 0.234. The summed E-state index contributed by atoms with van der Waals surface area (Å²) in [4.78, 5) is 34.4. The Hall–Kier alpha value is -5.08. The van der Waals surface area contributed by atoms with Gasteiger partial charge in [-0.1, -0.05) is 20.1 Å². The number of H-pyrrole nitrogens is 1. The third-order valence-corrected chi connectivity index (χ3v) is 5.94. The highest BCUT2D eigenvalue weighted by atomic mass is 16.1. The topological polar surface area (TPSA) is 216 Å². The molecule has 0 spiro atoms. The van der Waals surface area contributed by atoms with Crippen molar-refractivity contribution in [1.29, 1.82) is 0 Å². The second-order valence-electron chi connectivity index (χ2n) is 9.89. The van der Waals surface area contributed by atoms with Crippen LogP contribution in [-0.4, -0.2) is 54.0 Å². The van der Waals surface area contributed by atoms with Gasteiger partial charge in [-0.25, -0.2) is 24.6 Å². The lowest BCUT2D eigenvalue weighted by molar-refractivity contribution is 0.526. The Bertz CT molecular complexity index is 1720. The van der Waals surface area contributed by atoms with Crippen LogP contribution in [0.5, 0.6) is 0 Å². The van der Waals surface area contributed by atoms with Crippen molar-refractivity contribution in [3.63, 3.8) is 0 Å². The van der Waals surface area contributed by atoms with E-state index in [0.717, 1.165) is 16.8 Å². The number of nitrogens with one attached hydrogen (secondary N) is 1. The second-order valence-corrected chi connectivity index (χ2v) is 9.89. The van der Waals surface area contributed by atoms with Crippen molar-refractivity contribution in [3.05, 3.63) is 47.5 Å². The van der Waals surface area contributed by atoms with Gasteiger partial charge in [0, 0.05) is 24.5 Å². The fraction of sp³-hybridized carbons (Fsp3) is 0.407. The van der Waals surface area contributed by atoms with Gasteiger partial charge in [0.05, 0.1) is 30.1 Å². The van der Waals surface area contributed by atoms with Gasteiger partial charge < -0.3 is 26.3 Å². The molecule has 0 aromatic carbocycles. The highest BCUT2D eigenvalue weighted by Gasteiger charge is 2.11. The first-order valence-corrected chi connectivity index (χ1v) is 12.7. The number of nitrogen functional groups attached to an aromatic ring is 3. The molecule has 0 bridgehead atoms. The maximum Gasteiger partial charge on any atom is 0.280 e. The van der Waals surface area contributed by atoms with Gasteiger partial charge in [0.25, 0.3) is 5.56 Å². The molecule has 0 atom stereocenters. The molecule has 0 aliphatic rings. The highest BCUT2D eigenvalue weighted by Crippen LogP contribution is 2.20. The number of nitrogens with two attached hydrogens (primary N) is 3. The van der Waals surface area contributed by atoms with Gasteiger partial charge in [-0.05, 0) is 53.7 Å². The maximum atomic E-state index is 11.4. The molecular weight excluding hydrogens is 536 g/mol. The summed E-state index contributed by atoms with van der Waals surface area (Å²) < 4.78 is 5.57. The molecule has 42 heavy (non-hydrogen) atoms. The predicted octanol–water partition coefficient (Wildman–Crippen LogP) is 4.14. The van der Waals surface area contributed by atoms with E-state index in [9.17, 15) is 4.79 Å². The summed E-state index contributed by atoms with van der Waals surface area (Å²) in [6, 6.07) is 4.30. The van der Waals surface area contributed by atoms with Crippen LogP contribution >= 0.6 is 0 Å². The smallest absolute Gasteiger partial charge is 0.280 e. The van der Waals surface area contributed by atoms with Crippen LogP contribution in [0.3, 0.4) is 0 Å². The lowest BCUT2D eigenvalue weighted by atomic mass is 10.3. The van der Waals surface area contributed by atoms with Crippen LogP contribution in [0.2, 0.25) is 0 Å². The number of nitrogens with zero attached hydrogens (tertiary/aromatic N) is 10. The monoisotopic (exact) mass is 578 g/mol. The normalized spacial score (nSPS) is 10.8. The minimum Gasteiger partial charge on any atom is -0.397 e. The summed E-state index contributed by atoms with van der Waals surface area (Å²) in [6.45, 7) is 12.2. The summed E-state index contributed by atoms with van der Waals surface area (Å²) >= 11 is 0. The van der Waals surface area contributed by atoms with Crippen LogP contribution < -0.4 is 22.8 Å². The van der Waals surface area contributed by atoms with Gasteiger partial charge >= 0.3 is 0 Å². The van der Waals surface area contributed by atoms with Gasteiger partial charge in [-0.15, -0.1) is 5.10 Å². The van der Waals surface area contributed by atoms with E-state index in [4.69, 9.17) is 17.2 Å². The Labute approximate surface area is 244 Å². The minimum atomic E-state index is -0.299. The molecule has 15 heteroatoms. The zero-order chi connectivity index (χ0) is 29.1. The molecule has 6 aromatic rings. The Balaban J connectivity index is 0.000000215. The zero-order valence-electron chi connectivity index (χ0n) is 23.3. The van der Waals surface area contributed by atoms with E-state index in [1.54, 1.807) is 46.4 Å². The molecule has 0 radical (unpaired) electrons. The van der Waals surface area contributed by atoms with Crippen molar-refractivity contribution in [3.8, 4) is 0 Å². The molecule has 0 aliphatic heterocycles. The number of imidazole rings is 2. The van der Waals surface area contributed by atoms with Crippen molar-refractivity contribution in [2.75, 3.05) is 17.2 Å². The summed E-state index contributed by atoms with van der Waals surface area (Å²) in [7, 11) is 0. The first-order chi connectivity index (χ1) is 19.0. The highest BCUT2D eigenvalue weighted by molar-refractivity contribution is 5.84. The van der Waals surface area contributed by atoms with Crippen molar-refractivity contribution in [1.82, 2.24) is 54.0 Å². The molecule has 0 saturated heterocycles. The minimum absolute atomic E-state index is 0. The summed E-state index contributed by atoms with van der Waals surface area (Å²) in [5.74, 6) is 0.116. The molecule has 0 saturated carbocycles. The van der Waals surface area contributed by atoms with Crippen LogP contribution in [0.15, 0.2) is 42.0 Å². The molecule has 226 valence electrons. The van der Waals surface area contributed by atoms with Crippen LogP contribution in [0.4, 0.5) is 17.3 Å². The average molecular weight is 579 g/mol. The van der Waals surface area contributed by atoms with Gasteiger partial charge in [0.15, 0.2) is 28.0 Å². The Morgan fingerprint density at radius 1 is 0.690 bits per heavy atom. The fourth-order valence-corrected chi connectivity index (χ4v) is 3.86. The molecule has 15 nitrogen and oxygen atoms in total. The first kappa shape index (κ1) is 33.1. The lowest BCUT2D eigenvalue weighted by Crippen LogP contribution is -2.12. The molecule has 6 rings (SSSR count). The number of hydrogen-bond donors (Lipinski definition) is 4. The standard InChI is InChI=1S/C9H12N4.C8H11N5O.C8H11N5.2CH4/c1-6(2)13-5-12-8-7(10)3-4-11-9(8)13;1-4(2)13-3-10-5-6(13)11-8(9)12-7(5)14;1-5(2)13-8-7(11-12-13)6(9)3-4-10-8;;/h3-6H,1-2H3,(H2,10,11);3-4H,1-2H3,(H3,9,11,12,14);3-5H,1-2H3,(H2,9,10);2*1H4. The van der Waals surface area contributed by atoms with E-state index in [0.29, 0.717) is 34.1 Å². The predicted molar refractivity (Wildman–Crippen MR) is 169 cm³/mol. The van der Waals surface area contributed by atoms with E-state index in [2.05, 4.69) is 54.1 Å².